The van der Waals surface area contributed by atoms with Crippen molar-refractivity contribution in [1.82, 2.24) is 9.97 Å². The van der Waals surface area contributed by atoms with Crippen LogP contribution in [0.5, 0.6) is 5.75 Å². The monoisotopic (exact) mass is 279 g/mol. The first-order valence-corrected chi connectivity index (χ1v) is 6.17. The second-order valence-electron chi connectivity index (χ2n) is 3.84. The van der Waals surface area contributed by atoms with Gasteiger partial charge in [0.15, 0.2) is 0 Å². The van der Waals surface area contributed by atoms with Crippen LogP contribution >= 0.6 is 11.6 Å². The maximum atomic E-state index is 8.66. The SMILES string of the molecule is Cc1nc(Cl)cc(Nc2ccc(OCCO)cc2)n1. The highest BCUT2D eigenvalue weighted by atomic mass is 35.5. The molecule has 0 saturated carbocycles. The lowest BCUT2D eigenvalue weighted by atomic mass is 10.3. The molecule has 1 heterocycles. The van der Waals surface area contributed by atoms with E-state index in [0.717, 1.165) is 5.69 Å². The number of halogens is 1. The van der Waals surface area contributed by atoms with Crippen LogP contribution in [0.2, 0.25) is 5.15 Å². The van der Waals surface area contributed by atoms with Crippen LogP contribution in [0, 0.1) is 6.92 Å². The third-order valence-corrected chi connectivity index (χ3v) is 2.49. The Morgan fingerprint density at radius 2 is 2.00 bits per heavy atom. The fourth-order valence-electron chi connectivity index (χ4n) is 1.54. The van der Waals surface area contributed by atoms with E-state index in [1.54, 1.807) is 13.0 Å². The molecular formula is C13H14ClN3O2. The van der Waals surface area contributed by atoms with E-state index in [2.05, 4.69) is 15.3 Å². The van der Waals surface area contributed by atoms with Crippen molar-refractivity contribution in [2.45, 2.75) is 6.92 Å². The van der Waals surface area contributed by atoms with Gasteiger partial charge in [-0.25, -0.2) is 9.97 Å². The molecule has 0 amide bonds. The van der Waals surface area contributed by atoms with Crippen LogP contribution in [0.15, 0.2) is 30.3 Å². The van der Waals surface area contributed by atoms with Crippen molar-refractivity contribution in [3.8, 4) is 5.75 Å². The minimum atomic E-state index is -0.00128. The first-order chi connectivity index (χ1) is 9.17. The number of rotatable bonds is 5. The summed E-state index contributed by atoms with van der Waals surface area (Å²) in [5.41, 5.74) is 0.866. The first-order valence-electron chi connectivity index (χ1n) is 5.79. The summed E-state index contributed by atoms with van der Waals surface area (Å²) < 4.78 is 5.27. The third-order valence-electron chi connectivity index (χ3n) is 2.29. The average Bonchev–Trinajstić information content (AvgIpc) is 2.37. The van der Waals surface area contributed by atoms with Crippen LogP contribution in [0.3, 0.4) is 0 Å². The van der Waals surface area contributed by atoms with Crippen molar-refractivity contribution in [2.75, 3.05) is 18.5 Å². The molecule has 0 saturated heterocycles. The van der Waals surface area contributed by atoms with E-state index in [9.17, 15) is 0 Å². The summed E-state index contributed by atoms with van der Waals surface area (Å²) in [5, 5.41) is 12.2. The number of nitrogens with one attached hydrogen (secondary N) is 1. The predicted octanol–water partition coefficient (Wildman–Crippen LogP) is 2.55. The number of aliphatic hydroxyl groups is 1. The van der Waals surface area contributed by atoms with Crippen LogP contribution in [0.25, 0.3) is 0 Å². The molecule has 2 rings (SSSR count). The number of benzene rings is 1. The molecule has 19 heavy (non-hydrogen) atoms. The molecule has 0 aliphatic carbocycles. The van der Waals surface area contributed by atoms with Gasteiger partial charge in [0.1, 0.15) is 29.2 Å². The van der Waals surface area contributed by atoms with Gasteiger partial charge in [-0.3, -0.25) is 0 Å². The lowest BCUT2D eigenvalue weighted by molar-refractivity contribution is 0.201. The molecule has 6 heteroatoms. The predicted molar refractivity (Wildman–Crippen MR) is 74.1 cm³/mol. The van der Waals surface area contributed by atoms with Gasteiger partial charge in [-0.15, -0.1) is 0 Å². The van der Waals surface area contributed by atoms with E-state index in [1.807, 2.05) is 24.3 Å². The zero-order valence-corrected chi connectivity index (χ0v) is 11.2. The Morgan fingerprint density at radius 1 is 1.26 bits per heavy atom. The Bertz CT molecular complexity index is 526. The number of nitrogens with zero attached hydrogens (tertiary/aromatic N) is 2. The standard InChI is InChI=1S/C13H14ClN3O2/c1-9-15-12(14)8-13(16-9)17-10-2-4-11(5-3-10)19-7-6-18/h2-5,8,18H,6-7H2,1H3,(H,15,16,17). The fourth-order valence-corrected chi connectivity index (χ4v) is 1.77. The van der Waals surface area contributed by atoms with Gasteiger partial charge in [-0.2, -0.15) is 0 Å². The molecule has 2 N–H and O–H groups in total. The molecule has 2 aromatic rings. The summed E-state index contributed by atoms with van der Waals surface area (Å²) in [6.45, 7) is 2.06. The molecule has 0 aliphatic heterocycles. The van der Waals surface area contributed by atoms with E-state index in [0.29, 0.717) is 22.5 Å². The Hall–Kier alpha value is -1.85. The molecule has 0 atom stereocenters. The summed E-state index contributed by atoms with van der Waals surface area (Å²) in [7, 11) is 0. The summed E-state index contributed by atoms with van der Waals surface area (Å²) in [6, 6.07) is 9.00. The van der Waals surface area contributed by atoms with E-state index in [-0.39, 0.29) is 13.2 Å². The van der Waals surface area contributed by atoms with Gasteiger partial charge in [0.25, 0.3) is 0 Å². The molecule has 0 fully saturated rings. The topological polar surface area (TPSA) is 67.3 Å². The second kappa shape index (κ2) is 6.36. The molecular weight excluding hydrogens is 266 g/mol. The Labute approximate surface area is 116 Å². The van der Waals surface area contributed by atoms with Crippen LogP contribution in [0.1, 0.15) is 5.82 Å². The molecule has 5 nitrogen and oxygen atoms in total. The van der Waals surface area contributed by atoms with E-state index >= 15 is 0 Å². The highest BCUT2D eigenvalue weighted by Crippen LogP contribution is 2.20. The van der Waals surface area contributed by atoms with Crippen molar-refractivity contribution >= 4 is 23.1 Å². The number of aryl methyl sites for hydroxylation is 1. The largest absolute Gasteiger partial charge is 0.491 e. The molecule has 0 aliphatic rings. The summed E-state index contributed by atoms with van der Waals surface area (Å²) in [4.78, 5) is 8.22. The van der Waals surface area contributed by atoms with Crippen LogP contribution < -0.4 is 10.1 Å². The van der Waals surface area contributed by atoms with Gasteiger partial charge in [0, 0.05) is 11.8 Å². The molecule has 0 spiro atoms. The maximum absolute atomic E-state index is 8.66. The molecule has 0 unspecified atom stereocenters. The van der Waals surface area contributed by atoms with Gasteiger partial charge in [0.05, 0.1) is 6.61 Å². The fraction of sp³-hybridized carbons (Fsp3) is 0.231. The quantitative estimate of drug-likeness (QED) is 0.824. The number of anilines is 2. The molecule has 0 radical (unpaired) electrons. The second-order valence-corrected chi connectivity index (χ2v) is 4.23. The highest BCUT2D eigenvalue weighted by Gasteiger charge is 2.01. The van der Waals surface area contributed by atoms with Crippen LogP contribution in [-0.4, -0.2) is 28.3 Å². The van der Waals surface area contributed by atoms with Crippen molar-refractivity contribution < 1.29 is 9.84 Å². The lowest BCUT2D eigenvalue weighted by Gasteiger charge is -2.08. The van der Waals surface area contributed by atoms with E-state index in [1.165, 1.54) is 0 Å². The Kier molecular flexibility index (Phi) is 4.54. The first kappa shape index (κ1) is 13.6. The van der Waals surface area contributed by atoms with E-state index < -0.39 is 0 Å². The van der Waals surface area contributed by atoms with Crippen LogP contribution in [-0.2, 0) is 0 Å². The van der Waals surface area contributed by atoms with Gasteiger partial charge >= 0.3 is 0 Å². The number of aromatic nitrogens is 2. The smallest absolute Gasteiger partial charge is 0.135 e. The van der Waals surface area contributed by atoms with Gasteiger partial charge < -0.3 is 15.2 Å². The van der Waals surface area contributed by atoms with Crippen molar-refractivity contribution in [3.05, 3.63) is 41.3 Å². The minimum absolute atomic E-state index is 0.00128. The molecule has 1 aromatic carbocycles. The summed E-state index contributed by atoms with van der Waals surface area (Å²) in [6.07, 6.45) is 0. The van der Waals surface area contributed by atoms with Gasteiger partial charge in [-0.1, -0.05) is 11.6 Å². The highest BCUT2D eigenvalue weighted by molar-refractivity contribution is 6.29. The summed E-state index contributed by atoms with van der Waals surface area (Å²) >= 11 is 5.86. The number of ether oxygens (including phenoxy) is 1. The molecule has 1 aromatic heterocycles. The molecule has 0 bridgehead atoms. The lowest BCUT2D eigenvalue weighted by Crippen LogP contribution is -2.01. The molecule has 100 valence electrons. The minimum Gasteiger partial charge on any atom is -0.491 e. The zero-order valence-electron chi connectivity index (χ0n) is 10.4. The average molecular weight is 280 g/mol. The van der Waals surface area contributed by atoms with Crippen molar-refractivity contribution in [3.63, 3.8) is 0 Å². The Balaban J connectivity index is 2.06. The summed E-state index contributed by atoms with van der Waals surface area (Å²) in [5.74, 6) is 1.95. The number of hydrogen-bond acceptors (Lipinski definition) is 5. The maximum Gasteiger partial charge on any atom is 0.135 e. The van der Waals surface area contributed by atoms with E-state index in [4.69, 9.17) is 21.4 Å². The Morgan fingerprint density at radius 3 is 2.63 bits per heavy atom. The van der Waals surface area contributed by atoms with Crippen molar-refractivity contribution in [2.24, 2.45) is 0 Å². The normalized spacial score (nSPS) is 10.3. The third kappa shape index (κ3) is 4.08. The van der Waals surface area contributed by atoms with Crippen LogP contribution in [0.4, 0.5) is 11.5 Å². The zero-order chi connectivity index (χ0) is 13.7. The van der Waals surface area contributed by atoms with Gasteiger partial charge in [-0.05, 0) is 31.2 Å². The van der Waals surface area contributed by atoms with Gasteiger partial charge in [0.2, 0.25) is 0 Å². The number of hydrogen-bond donors (Lipinski definition) is 2. The number of aliphatic hydroxyl groups excluding tert-OH is 1. The van der Waals surface area contributed by atoms with Crippen molar-refractivity contribution in [1.29, 1.82) is 0 Å².